The number of fused-ring (bicyclic) bond motifs is 1. The van der Waals surface area contributed by atoms with Crippen LogP contribution < -0.4 is 10.0 Å². The number of aromatic nitrogens is 2. The summed E-state index contributed by atoms with van der Waals surface area (Å²) in [6.45, 7) is 0. The van der Waals surface area contributed by atoms with Crippen LogP contribution in [0.4, 0.5) is 17.2 Å². The van der Waals surface area contributed by atoms with E-state index in [4.69, 9.17) is 11.6 Å². The van der Waals surface area contributed by atoms with Crippen molar-refractivity contribution in [3.63, 3.8) is 0 Å². The molecule has 2 N–H and O–H groups in total. The molecule has 2 heterocycles. The molecule has 9 heteroatoms. The van der Waals surface area contributed by atoms with Gasteiger partial charge in [-0.2, -0.15) is 0 Å². The summed E-state index contributed by atoms with van der Waals surface area (Å²) in [6, 6.07) is 18.5. The molecule has 4 aromatic rings. The number of halogens is 2. The van der Waals surface area contributed by atoms with Gasteiger partial charge in [-0.25, -0.2) is 13.4 Å². The van der Waals surface area contributed by atoms with Crippen LogP contribution >= 0.6 is 24.0 Å². The first-order valence-corrected chi connectivity index (χ1v) is 11.0. The summed E-state index contributed by atoms with van der Waals surface area (Å²) in [5.41, 5.74) is 4.01. The Balaban J connectivity index is 0.00000256. The molecular formula is C21H18Cl2N4O2S. The molecule has 0 atom stereocenters. The highest BCUT2D eigenvalue weighted by Gasteiger charge is 2.08. The summed E-state index contributed by atoms with van der Waals surface area (Å²) in [4.78, 5) is 8.84. The fourth-order valence-corrected chi connectivity index (χ4v) is 3.70. The van der Waals surface area contributed by atoms with Gasteiger partial charge in [0.05, 0.1) is 16.8 Å². The summed E-state index contributed by atoms with van der Waals surface area (Å²) in [7, 11) is -3.31. The molecule has 0 radical (unpaired) electrons. The van der Waals surface area contributed by atoms with E-state index in [-0.39, 0.29) is 12.4 Å². The van der Waals surface area contributed by atoms with Crippen LogP contribution in [0.1, 0.15) is 0 Å². The predicted octanol–water partition coefficient (Wildman–Crippen LogP) is 5.49. The molecule has 0 spiro atoms. The number of nitrogens with zero attached hydrogens (tertiary/aromatic N) is 2. The third-order valence-electron chi connectivity index (χ3n) is 4.26. The summed E-state index contributed by atoms with van der Waals surface area (Å²) < 4.78 is 25.2. The quantitative estimate of drug-likeness (QED) is 0.411. The van der Waals surface area contributed by atoms with Crippen molar-refractivity contribution in [1.29, 1.82) is 0 Å². The summed E-state index contributed by atoms with van der Waals surface area (Å²) in [5, 5.41) is 4.72. The van der Waals surface area contributed by atoms with Gasteiger partial charge in [0.1, 0.15) is 5.82 Å². The maximum Gasteiger partial charge on any atom is 0.229 e. The number of hydrogen-bond acceptors (Lipinski definition) is 5. The molecule has 0 fully saturated rings. The first-order valence-electron chi connectivity index (χ1n) is 8.74. The van der Waals surface area contributed by atoms with E-state index in [9.17, 15) is 8.42 Å². The lowest BCUT2D eigenvalue weighted by molar-refractivity contribution is 0.607. The topological polar surface area (TPSA) is 84.0 Å². The van der Waals surface area contributed by atoms with Crippen molar-refractivity contribution in [3.05, 3.63) is 78.1 Å². The van der Waals surface area contributed by atoms with Crippen molar-refractivity contribution in [2.45, 2.75) is 0 Å². The number of hydrogen-bond donors (Lipinski definition) is 2. The van der Waals surface area contributed by atoms with Crippen LogP contribution in [0.15, 0.2) is 73.1 Å². The molecule has 0 bridgehead atoms. The van der Waals surface area contributed by atoms with Crippen LogP contribution in [0.3, 0.4) is 0 Å². The average molecular weight is 461 g/mol. The van der Waals surface area contributed by atoms with Crippen molar-refractivity contribution in [3.8, 4) is 11.1 Å². The molecular weight excluding hydrogens is 443 g/mol. The smallest absolute Gasteiger partial charge is 0.229 e. The Morgan fingerprint density at radius 3 is 2.40 bits per heavy atom. The Morgan fingerprint density at radius 2 is 1.70 bits per heavy atom. The van der Waals surface area contributed by atoms with Crippen LogP contribution in [0.5, 0.6) is 0 Å². The van der Waals surface area contributed by atoms with Crippen molar-refractivity contribution in [2.75, 3.05) is 16.3 Å². The minimum Gasteiger partial charge on any atom is -0.338 e. The second-order valence-electron chi connectivity index (χ2n) is 6.51. The Kier molecular flexibility index (Phi) is 6.45. The standard InChI is InChI=1S/C21H17ClN4O2S.ClH/c1-29(27,28)26-16-9-7-14(8-10-16)15-12-17-19(24-13-15)5-2-6-20(17)25-21-18(22)4-3-11-23-21;/h2-13,26H,1H3,(H,23,25);1H. The molecule has 30 heavy (non-hydrogen) atoms. The van der Waals surface area contributed by atoms with Gasteiger partial charge in [0.25, 0.3) is 0 Å². The Morgan fingerprint density at radius 1 is 0.933 bits per heavy atom. The molecule has 0 unspecified atom stereocenters. The van der Waals surface area contributed by atoms with Crippen molar-refractivity contribution in [1.82, 2.24) is 9.97 Å². The van der Waals surface area contributed by atoms with Crippen LogP contribution in [0.25, 0.3) is 22.0 Å². The predicted molar refractivity (Wildman–Crippen MR) is 125 cm³/mol. The van der Waals surface area contributed by atoms with Crippen LogP contribution in [-0.2, 0) is 10.0 Å². The zero-order valence-electron chi connectivity index (χ0n) is 15.8. The van der Waals surface area contributed by atoms with Gasteiger partial charge in [0.2, 0.25) is 10.0 Å². The van der Waals surface area contributed by atoms with E-state index in [1.807, 2.05) is 36.4 Å². The molecule has 0 aliphatic heterocycles. The number of pyridine rings is 2. The maximum atomic E-state index is 11.4. The SMILES string of the molecule is CS(=O)(=O)Nc1ccc(-c2cnc3cccc(Nc4ncccc4Cl)c3c2)cc1.Cl. The third kappa shape index (κ3) is 4.99. The minimum atomic E-state index is -3.31. The number of nitrogens with one attached hydrogen (secondary N) is 2. The zero-order valence-corrected chi connectivity index (χ0v) is 18.2. The second-order valence-corrected chi connectivity index (χ2v) is 8.66. The molecule has 0 aliphatic rings. The van der Waals surface area contributed by atoms with Gasteiger partial charge in [0, 0.05) is 34.7 Å². The van der Waals surface area contributed by atoms with Gasteiger partial charge >= 0.3 is 0 Å². The normalized spacial score (nSPS) is 11.0. The highest BCUT2D eigenvalue weighted by Crippen LogP contribution is 2.31. The number of anilines is 3. The molecule has 0 amide bonds. The Hall–Kier alpha value is -2.87. The largest absolute Gasteiger partial charge is 0.338 e. The monoisotopic (exact) mass is 460 g/mol. The van der Waals surface area contributed by atoms with Gasteiger partial charge in [0.15, 0.2) is 0 Å². The lowest BCUT2D eigenvalue weighted by Crippen LogP contribution is -2.09. The van der Waals surface area contributed by atoms with Gasteiger partial charge in [-0.05, 0) is 48.0 Å². The highest BCUT2D eigenvalue weighted by molar-refractivity contribution is 7.92. The number of rotatable bonds is 5. The zero-order chi connectivity index (χ0) is 20.4. The van der Waals surface area contributed by atoms with Crippen molar-refractivity contribution in [2.24, 2.45) is 0 Å². The van der Waals surface area contributed by atoms with E-state index in [1.165, 1.54) is 0 Å². The third-order valence-corrected chi connectivity index (χ3v) is 5.17. The minimum absolute atomic E-state index is 0. The Bertz CT molecular complexity index is 1300. The van der Waals surface area contributed by atoms with E-state index < -0.39 is 10.0 Å². The van der Waals surface area contributed by atoms with Gasteiger partial charge < -0.3 is 5.32 Å². The van der Waals surface area contributed by atoms with Gasteiger partial charge in [-0.15, -0.1) is 12.4 Å². The second kappa shape index (κ2) is 8.87. The van der Waals surface area contributed by atoms with E-state index in [0.717, 1.165) is 34.0 Å². The lowest BCUT2D eigenvalue weighted by atomic mass is 10.0. The lowest BCUT2D eigenvalue weighted by Gasteiger charge is -2.11. The molecule has 0 aliphatic carbocycles. The van der Waals surface area contributed by atoms with Gasteiger partial charge in [-0.3, -0.25) is 9.71 Å². The maximum absolute atomic E-state index is 11.4. The van der Waals surface area contributed by atoms with Crippen LogP contribution in [0.2, 0.25) is 5.02 Å². The van der Waals surface area contributed by atoms with Crippen LogP contribution in [0, 0.1) is 0 Å². The summed E-state index contributed by atoms with van der Waals surface area (Å²) in [5.74, 6) is 0.572. The van der Waals surface area contributed by atoms with E-state index >= 15 is 0 Å². The van der Waals surface area contributed by atoms with Gasteiger partial charge in [-0.1, -0.05) is 29.8 Å². The molecule has 154 valence electrons. The highest BCUT2D eigenvalue weighted by atomic mass is 35.5. The number of sulfonamides is 1. The average Bonchev–Trinajstić information content (AvgIpc) is 2.69. The molecule has 0 saturated heterocycles. The summed E-state index contributed by atoms with van der Waals surface area (Å²) in [6.07, 6.45) is 4.59. The van der Waals surface area contributed by atoms with Crippen molar-refractivity contribution < 1.29 is 8.42 Å². The number of benzene rings is 2. The van der Waals surface area contributed by atoms with E-state index in [1.54, 1.807) is 36.7 Å². The fraction of sp³-hybridized carbons (Fsp3) is 0.0476. The van der Waals surface area contributed by atoms with Crippen LogP contribution in [-0.4, -0.2) is 24.6 Å². The first kappa shape index (κ1) is 21.8. The molecule has 2 aromatic carbocycles. The van der Waals surface area contributed by atoms with Crippen molar-refractivity contribution >= 4 is 62.1 Å². The summed E-state index contributed by atoms with van der Waals surface area (Å²) >= 11 is 6.22. The first-order chi connectivity index (χ1) is 13.9. The van der Waals surface area contributed by atoms with E-state index in [0.29, 0.717) is 16.5 Å². The molecule has 6 nitrogen and oxygen atoms in total. The molecule has 4 rings (SSSR count). The van der Waals surface area contributed by atoms with E-state index in [2.05, 4.69) is 20.0 Å². The Labute approximate surface area is 185 Å². The molecule has 2 aromatic heterocycles. The molecule has 0 saturated carbocycles. The fourth-order valence-electron chi connectivity index (χ4n) is 2.97.